The molecule has 0 radical (unpaired) electrons. The normalized spacial score (nSPS) is 10.1. The third kappa shape index (κ3) is 3.99. The van der Waals surface area contributed by atoms with Crippen molar-refractivity contribution in [2.45, 2.75) is 19.9 Å². The summed E-state index contributed by atoms with van der Waals surface area (Å²) in [5.41, 5.74) is 0. The molecular weight excluding hydrogens is 184 g/mol. The fourth-order valence-electron chi connectivity index (χ4n) is 0.889. The monoisotopic (exact) mass is 198 g/mol. The van der Waals surface area contributed by atoms with E-state index in [1.54, 1.807) is 0 Å². The van der Waals surface area contributed by atoms with Gasteiger partial charge in [0.2, 0.25) is 12.3 Å². The highest BCUT2D eigenvalue weighted by molar-refractivity contribution is 5.77. The van der Waals surface area contributed by atoms with Crippen molar-refractivity contribution in [2.24, 2.45) is 0 Å². The summed E-state index contributed by atoms with van der Waals surface area (Å²) in [5, 5.41) is 9.21. The molecular formula is C8H14N4O2. The summed E-state index contributed by atoms with van der Waals surface area (Å²) in [6.45, 7) is 3.52. The molecule has 0 unspecified atom stereocenters. The Morgan fingerprint density at radius 2 is 2.50 bits per heavy atom. The van der Waals surface area contributed by atoms with Gasteiger partial charge in [0.05, 0.1) is 13.1 Å². The molecule has 0 aliphatic carbocycles. The number of amides is 1. The van der Waals surface area contributed by atoms with Crippen molar-refractivity contribution in [3.8, 4) is 0 Å². The van der Waals surface area contributed by atoms with Crippen LogP contribution in [0, 0.1) is 0 Å². The van der Waals surface area contributed by atoms with E-state index in [1.807, 2.05) is 6.92 Å². The zero-order chi connectivity index (χ0) is 10.2. The van der Waals surface area contributed by atoms with Crippen LogP contribution in [0.15, 0.2) is 10.9 Å². The number of carbonyl (C=O) groups excluding carboxylic acids is 1. The fraction of sp³-hybridized carbons (Fsp3) is 0.625. The van der Waals surface area contributed by atoms with E-state index >= 15 is 0 Å². The van der Waals surface area contributed by atoms with Gasteiger partial charge in [0, 0.05) is 0 Å². The topological polar surface area (TPSA) is 80.0 Å². The van der Waals surface area contributed by atoms with Crippen LogP contribution in [-0.2, 0) is 11.3 Å². The smallest absolute Gasteiger partial charge is 0.234 e. The van der Waals surface area contributed by atoms with Crippen molar-refractivity contribution in [3.63, 3.8) is 0 Å². The number of nitrogens with one attached hydrogen (secondary N) is 2. The Balaban J connectivity index is 2.09. The van der Waals surface area contributed by atoms with Crippen molar-refractivity contribution >= 4 is 5.91 Å². The zero-order valence-electron chi connectivity index (χ0n) is 8.12. The Morgan fingerprint density at radius 1 is 1.64 bits per heavy atom. The van der Waals surface area contributed by atoms with Crippen LogP contribution in [0.5, 0.6) is 0 Å². The van der Waals surface area contributed by atoms with Crippen LogP contribution in [0.4, 0.5) is 0 Å². The molecule has 0 bridgehead atoms. The molecule has 0 aliphatic heterocycles. The zero-order valence-corrected chi connectivity index (χ0v) is 8.12. The first-order valence-electron chi connectivity index (χ1n) is 4.55. The van der Waals surface area contributed by atoms with Gasteiger partial charge in [-0.05, 0) is 13.0 Å². The molecule has 78 valence electrons. The lowest BCUT2D eigenvalue weighted by atomic mass is 10.4. The van der Waals surface area contributed by atoms with E-state index in [4.69, 9.17) is 0 Å². The SMILES string of the molecule is CCCNCC(=O)NCc1ncon1. The van der Waals surface area contributed by atoms with E-state index < -0.39 is 0 Å². The summed E-state index contributed by atoms with van der Waals surface area (Å²) < 4.78 is 4.52. The highest BCUT2D eigenvalue weighted by Crippen LogP contribution is 1.85. The molecule has 0 fully saturated rings. The van der Waals surface area contributed by atoms with Crippen molar-refractivity contribution in [1.82, 2.24) is 20.8 Å². The molecule has 0 spiro atoms. The molecule has 14 heavy (non-hydrogen) atoms. The first-order valence-corrected chi connectivity index (χ1v) is 4.55. The lowest BCUT2D eigenvalue weighted by Gasteiger charge is -2.02. The van der Waals surface area contributed by atoms with Crippen molar-refractivity contribution in [2.75, 3.05) is 13.1 Å². The average Bonchev–Trinajstić information content (AvgIpc) is 2.68. The predicted octanol–water partition coefficient (Wildman–Crippen LogP) is -0.315. The summed E-state index contributed by atoms with van der Waals surface area (Å²) in [4.78, 5) is 14.9. The largest absolute Gasteiger partial charge is 0.348 e. The number of aromatic nitrogens is 2. The molecule has 0 aromatic carbocycles. The number of rotatable bonds is 6. The Labute approximate surface area is 82.1 Å². The van der Waals surface area contributed by atoms with Crippen molar-refractivity contribution in [1.29, 1.82) is 0 Å². The molecule has 1 aromatic heterocycles. The van der Waals surface area contributed by atoms with E-state index in [0.717, 1.165) is 13.0 Å². The molecule has 1 amide bonds. The Kier molecular flexibility index (Phi) is 4.63. The number of hydrogen-bond donors (Lipinski definition) is 2. The average molecular weight is 198 g/mol. The summed E-state index contributed by atoms with van der Waals surface area (Å²) in [6, 6.07) is 0. The van der Waals surface area contributed by atoms with Gasteiger partial charge in [0.15, 0.2) is 5.82 Å². The Hall–Kier alpha value is -1.43. The fourth-order valence-corrected chi connectivity index (χ4v) is 0.889. The molecule has 6 nitrogen and oxygen atoms in total. The standard InChI is InChI=1S/C8H14N4O2/c1-2-3-9-5-8(13)10-4-7-11-6-14-12-7/h6,9H,2-5H2,1H3,(H,10,13). The molecule has 0 saturated heterocycles. The first kappa shape index (κ1) is 10.6. The quantitative estimate of drug-likeness (QED) is 0.613. The Morgan fingerprint density at radius 3 is 3.14 bits per heavy atom. The third-order valence-electron chi connectivity index (χ3n) is 1.56. The van der Waals surface area contributed by atoms with Crippen molar-refractivity contribution in [3.05, 3.63) is 12.2 Å². The van der Waals surface area contributed by atoms with Crippen LogP contribution >= 0.6 is 0 Å². The van der Waals surface area contributed by atoms with E-state index in [1.165, 1.54) is 6.39 Å². The molecule has 2 N–H and O–H groups in total. The molecule has 1 rings (SSSR count). The van der Waals surface area contributed by atoms with Crippen LogP contribution in [-0.4, -0.2) is 29.1 Å². The van der Waals surface area contributed by atoms with Gasteiger partial charge in [-0.1, -0.05) is 12.1 Å². The van der Waals surface area contributed by atoms with Crippen LogP contribution in [0.3, 0.4) is 0 Å². The van der Waals surface area contributed by atoms with Gasteiger partial charge in [-0.25, -0.2) is 0 Å². The summed E-state index contributed by atoms with van der Waals surface area (Å²) >= 11 is 0. The number of nitrogens with zero attached hydrogens (tertiary/aromatic N) is 2. The second-order valence-electron chi connectivity index (χ2n) is 2.80. The van der Waals surface area contributed by atoms with Gasteiger partial charge in [-0.2, -0.15) is 4.98 Å². The Bertz CT molecular complexity index is 260. The minimum atomic E-state index is -0.0664. The van der Waals surface area contributed by atoms with Crippen LogP contribution in [0.25, 0.3) is 0 Å². The minimum Gasteiger partial charge on any atom is -0.348 e. The lowest BCUT2D eigenvalue weighted by Crippen LogP contribution is -2.33. The summed E-state index contributed by atoms with van der Waals surface area (Å²) in [7, 11) is 0. The highest BCUT2D eigenvalue weighted by Gasteiger charge is 2.02. The molecule has 0 aliphatic rings. The molecule has 1 heterocycles. The number of hydrogen-bond acceptors (Lipinski definition) is 5. The van der Waals surface area contributed by atoms with Crippen LogP contribution < -0.4 is 10.6 Å². The van der Waals surface area contributed by atoms with E-state index in [9.17, 15) is 4.79 Å². The van der Waals surface area contributed by atoms with Gasteiger partial charge in [0.25, 0.3) is 0 Å². The molecule has 6 heteroatoms. The van der Waals surface area contributed by atoms with Gasteiger partial charge in [-0.15, -0.1) is 0 Å². The van der Waals surface area contributed by atoms with E-state index in [0.29, 0.717) is 18.9 Å². The van der Waals surface area contributed by atoms with Gasteiger partial charge in [-0.3, -0.25) is 4.79 Å². The maximum absolute atomic E-state index is 11.2. The highest BCUT2D eigenvalue weighted by atomic mass is 16.5. The van der Waals surface area contributed by atoms with Gasteiger partial charge in [0.1, 0.15) is 0 Å². The van der Waals surface area contributed by atoms with Gasteiger partial charge < -0.3 is 15.2 Å². The molecule has 1 aromatic rings. The van der Waals surface area contributed by atoms with Crippen LogP contribution in [0.2, 0.25) is 0 Å². The van der Waals surface area contributed by atoms with Crippen molar-refractivity contribution < 1.29 is 9.32 Å². The van der Waals surface area contributed by atoms with E-state index in [-0.39, 0.29) is 5.91 Å². The second-order valence-corrected chi connectivity index (χ2v) is 2.80. The summed E-state index contributed by atoms with van der Waals surface area (Å²) in [5.74, 6) is 0.414. The molecule has 0 saturated carbocycles. The minimum absolute atomic E-state index is 0.0664. The van der Waals surface area contributed by atoms with E-state index in [2.05, 4.69) is 25.3 Å². The number of carbonyl (C=O) groups is 1. The maximum atomic E-state index is 11.2. The second kappa shape index (κ2) is 6.09. The predicted molar refractivity (Wildman–Crippen MR) is 49.3 cm³/mol. The summed E-state index contributed by atoms with van der Waals surface area (Å²) in [6.07, 6.45) is 2.24. The molecule has 0 atom stereocenters. The van der Waals surface area contributed by atoms with Gasteiger partial charge >= 0.3 is 0 Å². The third-order valence-corrected chi connectivity index (χ3v) is 1.56. The lowest BCUT2D eigenvalue weighted by molar-refractivity contribution is -0.120. The van der Waals surface area contributed by atoms with Crippen LogP contribution in [0.1, 0.15) is 19.2 Å². The first-order chi connectivity index (χ1) is 6.83. The maximum Gasteiger partial charge on any atom is 0.234 e.